The Morgan fingerprint density at radius 2 is 1.84 bits per heavy atom. The van der Waals surface area contributed by atoms with Gasteiger partial charge in [0.15, 0.2) is 0 Å². The molecule has 0 spiro atoms. The number of rotatable bonds is 17. The maximum absolute atomic E-state index is 12.9. The van der Waals surface area contributed by atoms with Crippen LogP contribution in [0.15, 0.2) is 30.4 Å². The number of likely N-dealkylation sites (tertiary alicyclic amines) is 2. The lowest BCUT2D eigenvalue weighted by molar-refractivity contribution is -0.130. The number of aryl methyl sites for hydroxylation is 1. The molecule has 0 bridgehead atoms. The number of aromatic nitrogens is 1. The number of hydrogen-bond donors (Lipinski definition) is 3. The normalized spacial score (nSPS) is 22.9. The van der Waals surface area contributed by atoms with E-state index in [-0.39, 0.29) is 54.3 Å². The van der Waals surface area contributed by atoms with Crippen molar-refractivity contribution in [2.24, 2.45) is 5.92 Å². The summed E-state index contributed by atoms with van der Waals surface area (Å²) in [6.45, 7) is 15.0. The number of halogens is 1. The van der Waals surface area contributed by atoms with Gasteiger partial charge in [-0.15, -0.1) is 0 Å². The lowest BCUT2D eigenvalue weighted by Gasteiger charge is -2.34. The number of hydrogen-bond acceptors (Lipinski definition) is 9. The zero-order chi connectivity index (χ0) is 41.8. The lowest BCUT2D eigenvalue weighted by atomic mass is 10.1. The highest BCUT2D eigenvalue weighted by Gasteiger charge is 2.59. The van der Waals surface area contributed by atoms with Crippen LogP contribution in [-0.2, 0) is 14.4 Å². The summed E-state index contributed by atoms with van der Waals surface area (Å²) < 4.78 is 33.5. The van der Waals surface area contributed by atoms with Crippen LogP contribution in [0.25, 0.3) is 10.9 Å². The molecule has 13 nitrogen and oxygen atoms in total. The monoisotopic (exact) mass is 814 g/mol. The molecule has 2 aliphatic carbocycles. The van der Waals surface area contributed by atoms with E-state index in [1.807, 2.05) is 46.8 Å². The Balaban J connectivity index is 0.000000269. The molecule has 57 heavy (non-hydrogen) atoms. The highest BCUT2D eigenvalue weighted by Crippen LogP contribution is 2.49. The zero-order valence-electron chi connectivity index (χ0n) is 35.0. The molecule has 3 heterocycles. The van der Waals surface area contributed by atoms with Crippen molar-refractivity contribution in [1.29, 1.82) is 0 Å². The van der Waals surface area contributed by atoms with Crippen LogP contribution in [0.4, 0.5) is 9.18 Å². The molecular formula is C42H63FN6O7S. The molecule has 316 valence electrons. The summed E-state index contributed by atoms with van der Waals surface area (Å²) in [5.74, 6) is 1.71. The number of amides is 5. The van der Waals surface area contributed by atoms with E-state index in [1.165, 1.54) is 36.1 Å². The van der Waals surface area contributed by atoms with Gasteiger partial charge < -0.3 is 34.6 Å². The van der Waals surface area contributed by atoms with Crippen LogP contribution >= 0.6 is 11.9 Å². The lowest BCUT2D eigenvalue weighted by Crippen LogP contribution is -2.56. The Hall–Kier alpha value is -4.27. The number of carbonyl (C=O) groups excluding carboxylic acids is 4. The van der Waals surface area contributed by atoms with Crippen molar-refractivity contribution in [1.82, 2.24) is 30.1 Å². The number of nitrogens with one attached hydrogen (secondary N) is 3. The topological polar surface area (TPSA) is 151 Å². The predicted octanol–water partition coefficient (Wildman–Crippen LogP) is 6.65. The third-order valence-electron chi connectivity index (χ3n) is 10.7. The summed E-state index contributed by atoms with van der Waals surface area (Å²) in [4.78, 5) is 55.6. The molecule has 2 aromatic rings. The van der Waals surface area contributed by atoms with Crippen molar-refractivity contribution in [3.05, 3.63) is 35.9 Å². The summed E-state index contributed by atoms with van der Waals surface area (Å²) in [5, 5.41) is 6.16. The van der Waals surface area contributed by atoms with Crippen LogP contribution in [0, 0.1) is 12.8 Å². The number of unbranched alkanes of at least 4 members (excludes halogenated alkanes) is 3. The molecule has 3 N–H and O–H groups in total. The Morgan fingerprint density at radius 1 is 1.11 bits per heavy atom. The van der Waals surface area contributed by atoms with Crippen molar-refractivity contribution in [2.45, 2.75) is 128 Å². The van der Waals surface area contributed by atoms with E-state index in [1.54, 1.807) is 18.1 Å². The third-order valence-corrected chi connectivity index (χ3v) is 11.9. The van der Waals surface area contributed by atoms with Crippen molar-refractivity contribution < 1.29 is 37.8 Å². The first-order valence-electron chi connectivity index (χ1n) is 20.5. The number of benzene rings is 1. The molecule has 0 radical (unpaired) electrons. The van der Waals surface area contributed by atoms with Crippen molar-refractivity contribution in [3.63, 3.8) is 0 Å². The fourth-order valence-electron chi connectivity index (χ4n) is 6.88. The van der Waals surface area contributed by atoms with Crippen molar-refractivity contribution >= 4 is 47.1 Å². The molecule has 2 aliphatic heterocycles. The standard InChI is InChI=1S/C24H31FN4O5.C16H26N2O2S.C2H6/c1-5-33-21-9-20(18-6-7-19(32-4)15(3)23(18)27-21)34-17-8-14(2)29(13-17)22(30)10-26-24(31)28-11-16(25)12-28;1-3-4-5-6-7-8-13-11-16(13,17-12-19)14(20)18-21-15(2)9-10-15;1-2/h6-7,9,14,16-17H,5,8,10-13H2,1-4H3,(H,26,31);7-8,12-13H,3-6,9-11H2,1-2H3,(H,17,19)(H,18,20);1-2H3/b;8-7-;/t14?,17-;13-,16-;/m11./s1. The van der Waals surface area contributed by atoms with Gasteiger partial charge in [-0.2, -0.15) is 0 Å². The molecule has 1 unspecified atom stereocenters. The highest BCUT2D eigenvalue weighted by atomic mass is 32.2. The fourth-order valence-corrected chi connectivity index (χ4v) is 7.70. The van der Waals surface area contributed by atoms with E-state index in [9.17, 15) is 23.6 Å². The van der Waals surface area contributed by atoms with Crippen LogP contribution in [0.5, 0.6) is 17.4 Å². The predicted molar refractivity (Wildman–Crippen MR) is 222 cm³/mol. The molecule has 2 saturated carbocycles. The van der Waals surface area contributed by atoms with Crippen LogP contribution in [0.3, 0.4) is 0 Å². The number of urea groups is 1. The van der Waals surface area contributed by atoms with Gasteiger partial charge in [-0.3, -0.25) is 19.1 Å². The van der Waals surface area contributed by atoms with E-state index in [0.29, 0.717) is 44.0 Å². The number of pyridine rings is 1. The fraction of sp³-hybridized carbons (Fsp3) is 0.643. The number of carbonyl (C=O) groups is 4. The molecule has 1 aromatic carbocycles. The number of alkyl halides is 1. The van der Waals surface area contributed by atoms with Gasteiger partial charge in [0.1, 0.15) is 29.3 Å². The molecular weight excluding hydrogens is 752 g/mol. The minimum absolute atomic E-state index is 0.0464. The maximum Gasteiger partial charge on any atom is 0.318 e. The molecule has 5 amide bonds. The molecule has 15 heteroatoms. The first-order chi connectivity index (χ1) is 27.4. The SMILES string of the molecule is CC.CCCCC/C=C\[C@@H]1C[C@]1(NC=O)C(=O)NSC1(C)CC1.CCOc1cc(O[C@@H]2CC(C)N(C(=O)CNC(=O)N3CC(F)C3)C2)c2ccc(OC)c(C)c2n1. The number of nitrogens with zero attached hydrogens (tertiary/aromatic N) is 3. The second-order valence-electron chi connectivity index (χ2n) is 15.2. The summed E-state index contributed by atoms with van der Waals surface area (Å²) in [7, 11) is 1.62. The van der Waals surface area contributed by atoms with Gasteiger partial charge in [0.05, 0.1) is 45.4 Å². The summed E-state index contributed by atoms with van der Waals surface area (Å²) in [6, 6.07) is 5.10. The number of fused-ring (bicyclic) bond motifs is 1. The third kappa shape index (κ3) is 11.9. The number of methoxy groups -OCH3 is 1. The largest absolute Gasteiger partial charge is 0.496 e. The Kier molecular flexibility index (Phi) is 16.7. The minimum atomic E-state index is -0.977. The van der Waals surface area contributed by atoms with E-state index in [2.05, 4.69) is 46.3 Å². The van der Waals surface area contributed by atoms with Gasteiger partial charge in [0, 0.05) is 40.1 Å². The highest BCUT2D eigenvalue weighted by molar-refractivity contribution is 7.99. The first kappa shape index (κ1) is 45.4. The van der Waals surface area contributed by atoms with E-state index >= 15 is 0 Å². The zero-order valence-corrected chi connectivity index (χ0v) is 35.8. The van der Waals surface area contributed by atoms with Crippen LogP contribution in [-0.4, -0.2) is 108 Å². The van der Waals surface area contributed by atoms with Gasteiger partial charge in [0.25, 0.3) is 5.91 Å². The van der Waals surface area contributed by atoms with E-state index < -0.39 is 17.7 Å². The van der Waals surface area contributed by atoms with Crippen LogP contribution in [0.2, 0.25) is 0 Å². The maximum atomic E-state index is 12.9. The summed E-state index contributed by atoms with van der Waals surface area (Å²) in [6.07, 6.45) is 12.0. The molecule has 4 aliphatic rings. The van der Waals surface area contributed by atoms with Gasteiger partial charge in [-0.25, -0.2) is 14.2 Å². The molecule has 4 fully saturated rings. The first-order valence-corrected chi connectivity index (χ1v) is 21.3. The van der Waals surface area contributed by atoms with Crippen molar-refractivity contribution in [2.75, 3.05) is 39.9 Å². The van der Waals surface area contributed by atoms with Gasteiger partial charge in [-0.05, 0) is 83.9 Å². The smallest absolute Gasteiger partial charge is 0.318 e. The minimum Gasteiger partial charge on any atom is -0.496 e. The average molecular weight is 815 g/mol. The van der Waals surface area contributed by atoms with Crippen LogP contribution in [0.1, 0.15) is 98.5 Å². The second-order valence-corrected chi connectivity index (χ2v) is 16.6. The summed E-state index contributed by atoms with van der Waals surface area (Å²) >= 11 is 1.50. The van der Waals surface area contributed by atoms with Gasteiger partial charge in [-0.1, -0.05) is 45.8 Å². The van der Waals surface area contributed by atoms with Gasteiger partial charge in [0.2, 0.25) is 18.2 Å². The number of ether oxygens (including phenoxy) is 3. The van der Waals surface area contributed by atoms with Crippen LogP contribution < -0.4 is 29.6 Å². The van der Waals surface area contributed by atoms with Crippen molar-refractivity contribution in [3.8, 4) is 17.4 Å². The van der Waals surface area contributed by atoms with E-state index in [4.69, 9.17) is 14.2 Å². The second kappa shape index (κ2) is 20.9. The molecule has 4 atom stereocenters. The average Bonchev–Trinajstić information content (AvgIpc) is 4.07. The van der Waals surface area contributed by atoms with E-state index in [0.717, 1.165) is 41.5 Å². The Labute approximate surface area is 341 Å². The molecule has 6 rings (SSSR count). The Bertz CT molecular complexity index is 1720. The molecule has 1 aromatic heterocycles. The number of allylic oxidation sites excluding steroid dienone is 1. The molecule has 2 saturated heterocycles. The quantitative estimate of drug-likeness (QED) is 0.0690. The van der Waals surface area contributed by atoms with Gasteiger partial charge >= 0.3 is 6.03 Å². The Morgan fingerprint density at radius 3 is 2.47 bits per heavy atom. The summed E-state index contributed by atoms with van der Waals surface area (Å²) in [5.41, 5.74) is 0.921.